The van der Waals surface area contributed by atoms with Gasteiger partial charge in [-0.25, -0.2) is 0 Å². The molecule has 5 amide bonds. The summed E-state index contributed by atoms with van der Waals surface area (Å²) < 4.78 is 0. The maximum Gasteiger partial charge on any atom is 0.289 e. The van der Waals surface area contributed by atoms with E-state index in [4.69, 9.17) is 10.8 Å². The first-order chi connectivity index (χ1) is 23.8. The fraction of sp³-hybridized carbons (Fsp3) is 0.730. The van der Waals surface area contributed by atoms with E-state index in [1.807, 2.05) is 27.7 Å². The van der Waals surface area contributed by atoms with Crippen LogP contribution in [0, 0.1) is 34.0 Å². The Morgan fingerprint density at radius 3 is 2.08 bits per heavy atom. The molecule has 0 aromatic carbocycles. The SMILES string of the molecule is C=C.CCC[C@H](NC(=O)[C@H]1[C@H]2CCCC2CN1C(=O)[C@H](NC(=O)[C@H](NC(=O)C(=N)C=N)C1CCCCCC1)C(C)(C)C)C(=O)C(=O)NC1CC1.[HH].[HH].[HH].[HH].[HH]. The lowest BCUT2D eigenvalue weighted by Crippen LogP contribution is -2.62. The fourth-order valence-corrected chi connectivity index (χ4v) is 7.70. The number of carbonyl (C=O) groups is 6. The number of nitrogens with zero attached hydrogens (tertiary/aromatic N) is 1. The molecule has 0 aromatic rings. The minimum Gasteiger partial charge on any atom is -0.347 e. The second kappa shape index (κ2) is 18.4. The lowest BCUT2D eigenvalue weighted by molar-refractivity contribution is -0.146. The molecule has 0 radical (unpaired) electrons. The summed E-state index contributed by atoms with van der Waals surface area (Å²) >= 11 is 0. The summed E-state index contributed by atoms with van der Waals surface area (Å²) in [6.07, 6.45) is 10.9. The van der Waals surface area contributed by atoms with Crippen molar-refractivity contribution < 1.29 is 35.9 Å². The third-order valence-electron chi connectivity index (χ3n) is 10.5. The minimum absolute atomic E-state index is 0. The fourth-order valence-electron chi connectivity index (χ4n) is 7.70. The second-order valence-electron chi connectivity index (χ2n) is 15.3. The van der Waals surface area contributed by atoms with E-state index in [2.05, 4.69) is 34.4 Å². The Morgan fingerprint density at radius 2 is 1.52 bits per heavy atom. The highest BCUT2D eigenvalue weighted by Gasteiger charge is 2.52. The van der Waals surface area contributed by atoms with Gasteiger partial charge in [0, 0.05) is 25.9 Å². The third kappa shape index (κ3) is 10.3. The largest absolute Gasteiger partial charge is 0.347 e. The number of hydrogen-bond donors (Lipinski definition) is 6. The topological polar surface area (TPSA) is 201 Å². The molecule has 288 valence electrons. The van der Waals surface area contributed by atoms with Gasteiger partial charge >= 0.3 is 0 Å². The lowest BCUT2D eigenvalue weighted by atomic mass is 9.84. The molecule has 1 aliphatic heterocycles. The summed E-state index contributed by atoms with van der Waals surface area (Å²) in [7, 11) is 0. The van der Waals surface area contributed by atoms with Crippen LogP contribution < -0.4 is 21.3 Å². The predicted octanol–water partition coefficient (Wildman–Crippen LogP) is 4.43. The summed E-state index contributed by atoms with van der Waals surface area (Å²) in [5, 5.41) is 26.3. The molecule has 0 spiro atoms. The van der Waals surface area contributed by atoms with Gasteiger partial charge in [0.25, 0.3) is 11.8 Å². The number of likely N-dealkylation sites (tertiary alicyclic amines) is 1. The summed E-state index contributed by atoms with van der Waals surface area (Å²) in [6, 6.07) is -3.88. The molecule has 13 nitrogen and oxygen atoms in total. The molecule has 1 saturated heterocycles. The Labute approximate surface area is 304 Å². The molecule has 1 unspecified atom stereocenters. The predicted molar refractivity (Wildman–Crippen MR) is 202 cm³/mol. The van der Waals surface area contributed by atoms with Gasteiger partial charge in [0.15, 0.2) is 0 Å². The average molecular weight is 708 g/mol. The van der Waals surface area contributed by atoms with Crippen molar-refractivity contribution in [2.45, 2.75) is 141 Å². The molecule has 4 rings (SSSR count). The van der Waals surface area contributed by atoms with Gasteiger partial charge < -0.3 is 31.6 Å². The summed E-state index contributed by atoms with van der Waals surface area (Å²) in [6.45, 7) is 13.7. The Morgan fingerprint density at radius 1 is 0.880 bits per heavy atom. The number of Topliss-reactive ketones (excluding diaryl/α,β-unsaturated/α-hetero) is 1. The second-order valence-corrected chi connectivity index (χ2v) is 15.3. The van der Waals surface area contributed by atoms with Crippen molar-refractivity contribution in [1.29, 1.82) is 10.8 Å². The summed E-state index contributed by atoms with van der Waals surface area (Å²) in [5.74, 6) is -3.80. The van der Waals surface area contributed by atoms with E-state index in [0.29, 0.717) is 38.4 Å². The van der Waals surface area contributed by atoms with Crippen LogP contribution in [0.5, 0.6) is 0 Å². The van der Waals surface area contributed by atoms with Gasteiger partial charge in [-0.3, -0.25) is 34.2 Å². The summed E-state index contributed by atoms with van der Waals surface area (Å²) in [5.41, 5.74) is -1.33. The highest BCUT2D eigenvalue weighted by Crippen LogP contribution is 2.43. The minimum atomic E-state index is -1.04. The number of rotatable bonds is 14. The Kier molecular flexibility index (Phi) is 14.9. The first kappa shape index (κ1) is 40.5. The summed E-state index contributed by atoms with van der Waals surface area (Å²) in [4.78, 5) is 82.6. The van der Waals surface area contributed by atoms with Crippen molar-refractivity contribution in [3.63, 3.8) is 0 Å². The van der Waals surface area contributed by atoms with Gasteiger partial charge in [0.1, 0.15) is 23.8 Å². The molecular formula is C37H69N7O6. The zero-order chi connectivity index (χ0) is 37.2. The van der Waals surface area contributed by atoms with Gasteiger partial charge in [0.2, 0.25) is 23.5 Å². The van der Waals surface area contributed by atoms with E-state index in [-0.39, 0.29) is 30.9 Å². The van der Waals surface area contributed by atoms with Gasteiger partial charge in [-0.05, 0) is 68.1 Å². The monoisotopic (exact) mass is 708 g/mol. The number of nitrogens with one attached hydrogen (secondary N) is 6. The first-order valence-corrected chi connectivity index (χ1v) is 18.4. The van der Waals surface area contributed by atoms with Crippen LogP contribution >= 0.6 is 0 Å². The van der Waals surface area contributed by atoms with Crippen LogP contribution in [0.3, 0.4) is 0 Å². The molecule has 6 atom stereocenters. The van der Waals surface area contributed by atoms with Gasteiger partial charge in [0.05, 0.1) is 6.04 Å². The Bertz CT molecular complexity index is 1310. The van der Waals surface area contributed by atoms with E-state index in [1.54, 1.807) is 4.90 Å². The van der Waals surface area contributed by atoms with E-state index in [0.717, 1.165) is 57.8 Å². The van der Waals surface area contributed by atoms with Crippen molar-refractivity contribution in [3.05, 3.63) is 13.2 Å². The Hall–Kier alpha value is -3.90. The van der Waals surface area contributed by atoms with Crippen LogP contribution in [0.2, 0.25) is 0 Å². The maximum absolute atomic E-state index is 14.5. The molecule has 3 saturated carbocycles. The molecule has 3 aliphatic carbocycles. The van der Waals surface area contributed by atoms with Crippen molar-refractivity contribution in [3.8, 4) is 0 Å². The van der Waals surface area contributed by atoms with Gasteiger partial charge in [-0.1, -0.05) is 66.2 Å². The van der Waals surface area contributed by atoms with Crippen LogP contribution in [0.15, 0.2) is 13.2 Å². The van der Waals surface area contributed by atoms with Crippen LogP contribution in [-0.4, -0.2) is 88.9 Å². The standard InChI is InChI=1S/C35H55N7O6.C2H4.5H2/c1-5-11-25(28(43)33(47)38-22-16-17-22)39-32(46)27-23-15-10-14-21(23)19-42(27)34(48)29(35(2,3)4)41-31(45)26(40-30(44)24(37)18-36)20-12-8-6-7-9-13-20;1-2;;;;;/h18,20-23,25-27,29,36-37H,5-17,19H2,1-4H3,(H,38,47)(H,39,46)(H,40,44)(H,41,45);1-2H2;5*1H/t21?,23-,25-,26+,27+,29-;;;;;;/m0....../s1. The molecule has 50 heavy (non-hydrogen) atoms. The lowest BCUT2D eigenvalue weighted by Gasteiger charge is -2.38. The molecule has 0 aromatic heterocycles. The normalized spacial score (nSPS) is 23.8. The quantitative estimate of drug-likeness (QED) is 0.0667. The Balaban J connectivity index is -0.00000380. The zero-order valence-corrected chi connectivity index (χ0v) is 30.4. The van der Waals surface area contributed by atoms with Crippen molar-refractivity contribution >= 4 is 47.2 Å². The van der Waals surface area contributed by atoms with E-state index >= 15 is 0 Å². The number of hydrogen-bond acceptors (Lipinski definition) is 8. The van der Waals surface area contributed by atoms with E-state index in [9.17, 15) is 28.8 Å². The molecule has 0 bridgehead atoms. The highest BCUT2D eigenvalue weighted by atomic mass is 16.2. The molecular weight excluding hydrogens is 638 g/mol. The smallest absolute Gasteiger partial charge is 0.289 e. The zero-order valence-electron chi connectivity index (χ0n) is 30.4. The van der Waals surface area contributed by atoms with Crippen LogP contribution in [-0.2, 0) is 28.8 Å². The number of carbonyl (C=O) groups excluding carboxylic acids is 6. The molecule has 4 aliphatic rings. The first-order valence-electron chi connectivity index (χ1n) is 18.4. The number of ketones is 1. The maximum atomic E-state index is 14.5. The molecule has 1 heterocycles. The van der Waals surface area contributed by atoms with Gasteiger partial charge in [-0.2, -0.15) is 0 Å². The average Bonchev–Trinajstić information content (AvgIpc) is 3.75. The van der Waals surface area contributed by atoms with Crippen molar-refractivity contribution in [2.24, 2.45) is 23.2 Å². The third-order valence-corrected chi connectivity index (χ3v) is 10.5. The van der Waals surface area contributed by atoms with Crippen LogP contribution in [0.4, 0.5) is 0 Å². The number of amides is 5. The highest BCUT2D eigenvalue weighted by molar-refractivity contribution is 6.59. The van der Waals surface area contributed by atoms with E-state index < -0.39 is 70.6 Å². The number of fused-ring (bicyclic) bond motifs is 1. The van der Waals surface area contributed by atoms with Crippen molar-refractivity contribution in [1.82, 2.24) is 26.2 Å². The molecule has 6 N–H and O–H groups in total. The molecule has 13 heteroatoms. The van der Waals surface area contributed by atoms with E-state index in [1.165, 1.54) is 0 Å². The van der Waals surface area contributed by atoms with Crippen molar-refractivity contribution in [2.75, 3.05) is 6.54 Å². The van der Waals surface area contributed by atoms with Gasteiger partial charge in [-0.15, -0.1) is 13.2 Å². The van der Waals surface area contributed by atoms with Crippen LogP contribution in [0.1, 0.15) is 118 Å². The van der Waals surface area contributed by atoms with Crippen LogP contribution in [0.25, 0.3) is 0 Å². The molecule has 4 fully saturated rings.